The Hall–Kier alpha value is -3.75. The Labute approximate surface area is 192 Å². The molecular weight excluding hydrogens is 424 g/mol. The van der Waals surface area contributed by atoms with Gasteiger partial charge < -0.3 is 14.8 Å². The van der Waals surface area contributed by atoms with Crippen molar-refractivity contribution in [2.75, 3.05) is 7.11 Å². The van der Waals surface area contributed by atoms with Crippen LogP contribution in [-0.4, -0.2) is 13.0 Å². The lowest BCUT2D eigenvalue weighted by molar-refractivity contribution is -0.117. The van der Waals surface area contributed by atoms with Crippen molar-refractivity contribution in [1.82, 2.24) is 5.32 Å². The third kappa shape index (κ3) is 5.90. The summed E-state index contributed by atoms with van der Waals surface area (Å²) in [5, 5.41) is 13.0. The van der Waals surface area contributed by atoms with E-state index in [1.807, 2.05) is 61.5 Å². The molecular formula is C26H23ClN2O3. The highest BCUT2D eigenvalue weighted by Gasteiger charge is 2.14. The number of amides is 1. The number of rotatable bonds is 8. The SMILES string of the molecule is COc1cc(/C=C(/C#N)C(=O)N[C@@H](C)c2ccccc2)ccc1OCc1ccccc1Cl. The maximum Gasteiger partial charge on any atom is 0.262 e. The molecule has 0 bridgehead atoms. The Morgan fingerprint density at radius 2 is 1.81 bits per heavy atom. The lowest BCUT2D eigenvalue weighted by Gasteiger charge is -2.14. The number of carbonyl (C=O) groups is 1. The monoisotopic (exact) mass is 446 g/mol. The van der Waals surface area contributed by atoms with Crippen molar-refractivity contribution < 1.29 is 14.3 Å². The predicted molar refractivity (Wildman–Crippen MR) is 125 cm³/mol. The van der Waals surface area contributed by atoms with Crippen LogP contribution >= 0.6 is 11.6 Å². The first-order chi connectivity index (χ1) is 15.5. The zero-order valence-corrected chi connectivity index (χ0v) is 18.6. The number of nitrogens with one attached hydrogen (secondary N) is 1. The highest BCUT2D eigenvalue weighted by molar-refractivity contribution is 6.31. The van der Waals surface area contributed by atoms with Crippen LogP contribution in [-0.2, 0) is 11.4 Å². The highest BCUT2D eigenvalue weighted by Crippen LogP contribution is 2.30. The van der Waals surface area contributed by atoms with Crippen LogP contribution in [0.1, 0.15) is 29.7 Å². The molecule has 162 valence electrons. The standard InChI is InChI=1S/C26H23ClN2O3/c1-18(20-8-4-3-5-9-20)29-26(30)22(16-28)14-19-12-13-24(25(15-19)31-2)32-17-21-10-6-7-11-23(21)27/h3-15,18H,17H2,1-2H3,(H,29,30)/b22-14-/t18-/m0/s1. The van der Waals surface area contributed by atoms with E-state index < -0.39 is 5.91 Å². The molecule has 1 amide bonds. The fourth-order valence-electron chi connectivity index (χ4n) is 3.08. The van der Waals surface area contributed by atoms with Gasteiger partial charge in [0, 0.05) is 10.6 Å². The van der Waals surface area contributed by atoms with Crippen molar-refractivity contribution >= 4 is 23.6 Å². The average molecular weight is 447 g/mol. The Bertz CT molecular complexity index is 1150. The fraction of sp³-hybridized carbons (Fsp3) is 0.154. The third-order valence-electron chi connectivity index (χ3n) is 4.85. The molecule has 0 aliphatic rings. The number of carbonyl (C=O) groups excluding carboxylic acids is 1. The van der Waals surface area contributed by atoms with Crippen LogP contribution < -0.4 is 14.8 Å². The van der Waals surface area contributed by atoms with Crippen molar-refractivity contribution in [3.8, 4) is 17.6 Å². The Kier molecular flexibility index (Phi) is 7.91. The molecule has 0 spiro atoms. The predicted octanol–water partition coefficient (Wildman–Crippen LogP) is 5.71. The molecule has 1 atom stereocenters. The molecule has 0 fully saturated rings. The first-order valence-corrected chi connectivity index (χ1v) is 10.4. The molecule has 3 rings (SSSR count). The zero-order valence-electron chi connectivity index (χ0n) is 17.8. The number of benzene rings is 3. The molecule has 6 heteroatoms. The van der Waals surface area contributed by atoms with Gasteiger partial charge in [-0.3, -0.25) is 4.79 Å². The quantitative estimate of drug-likeness (QED) is 0.355. The van der Waals surface area contributed by atoms with Crippen molar-refractivity contribution in [2.24, 2.45) is 0 Å². The number of nitrogens with zero attached hydrogens (tertiary/aromatic N) is 1. The summed E-state index contributed by atoms with van der Waals surface area (Å²) >= 11 is 6.18. The summed E-state index contributed by atoms with van der Waals surface area (Å²) in [6.45, 7) is 2.16. The van der Waals surface area contributed by atoms with E-state index in [0.717, 1.165) is 11.1 Å². The van der Waals surface area contributed by atoms with Gasteiger partial charge in [0.2, 0.25) is 0 Å². The van der Waals surface area contributed by atoms with E-state index in [2.05, 4.69) is 5.32 Å². The summed E-state index contributed by atoms with van der Waals surface area (Å²) in [7, 11) is 1.53. The van der Waals surface area contributed by atoms with Gasteiger partial charge in [-0.15, -0.1) is 0 Å². The second-order valence-corrected chi connectivity index (χ2v) is 7.47. The van der Waals surface area contributed by atoms with Gasteiger partial charge in [0.1, 0.15) is 18.2 Å². The second kappa shape index (κ2) is 11.0. The van der Waals surface area contributed by atoms with Crippen LogP contribution in [0.3, 0.4) is 0 Å². The topological polar surface area (TPSA) is 71.3 Å². The van der Waals surface area contributed by atoms with Gasteiger partial charge >= 0.3 is 0 Å². The van der Waals surface area contributed by atoms with Crippen LogP contribution in [0.25, 0.3) is 6.08 Å². The molecule has 0 aliphatic carbocycles. The molecule has 32 heavy (non-hydrogen) atoms. The van der Waals surface area contributed by atoms with E-state index in [0.29, 0.717) is 22.1 Å². The van der Waals surface area contributed by atoms with Crippen LogP contribution in [0.5, 0.6) is 11.5 Å². The van der Waals surface area contributed by atoms with E-state index >= 15 is 0 Å². The minimum absolute atomic E-state index is 0.000398. The van der Waals surface area contributed by atoms with Crippen LogP contribution in [0.15, 0.2) is 78.4 Å². The lowest BCUT2D eigenvalue weighted by Crippen LogP contribution is -2.27. The summed E-state index contributed by atoms with van der Waals surface area (Å²) in [6.07, 6.45) is 1.52. The maximum absolute atomic E-state index is 12.6. The van der Waals surface area contributed by atoms with Gasteiger partial charge in [0.05, 0.1) is 13.2 Å². The Morgan fingerprint density at radius 3 is 2.50 bits per heavy atom. The molecule has 0 aromatic heterocycles. The summed E-state index contributed by atoms with van der Waals surface area (Å²) < 4.78 is 11.3. The summed E-state index contributed by atoms with van der Waals surface area (Å²) in [5.74, 6) is 0.577. The summed E-state index contributed by atoms with van der Waals surface area (Å²) in [5.41, 5.74) is 2.46. The largest absolute Gasteiger partial charge is 0.493 e. The van der Waals surface area contributed by atoms with Gasteiger partial charge in [-0.25, -0.2) is 0 Å². The third-order valence-corrected chi connectivity index (χ3v) is 5.22. The normalized spacial score (nSPS) is 11.9. The van der Waals surface area contributed by atoms with Crippen molar-refractivity contribution in [3.05, 3.63) is 100 Å². The Balaban J connectivity index is 1.73. The van der Waals surface area contributed by atoms with E-state index in [9.17, 15) is 10.1 Å². The smallest absolute Gasteiger partial charge is 0.262 e. The number of hydrogen-bond donors (Lipinski definition) is 1. The average Bonchev–Trinajstić information content (AvgIpc) is 2.82. The minimum atomic E-state index is -0.443. The first-order valence-electron chi connectivity index (χ1n) is 10.0. The van der Waals surface area contributed by atoms with E-state index in [1.54, 1.807) is 24.3 Å². The van der Waals surface area contributed by atoms with Gasteiger partial charge in [-0.2, -0.15) is 5.26 Å². The number of halogens is 1. The second-order valence-electron chi connectivity index (χ2n) is 7.07. The van der Waals surface area contributed by atoms with Crippen LogP contribution in [0.2, 0.25) is 5.02 Å². The molecule has 0 radical (unpaired) electrons. The summed E-state index contributed by atoms with van der Waals surface area (Å²) in [4.78, 5) is 12.6. The molecule has 1 N–H and O–H groups in total. The van der Waals surface area contributed by atoms with Crippen molar-refractivity contribution in [3.63, 3.8) is 0 Å². The number of methoxy groups -OCH3 is 1. The fourth-order valence-corrected chi connectivity index (χ4v) is 3.27. The van der Waals surface area contributed by atoms with Gasteiger partial charge in [-0.1, -0.05) is 66.2 Å². The number of hydrogen-bond acceptors (Lipinski definition) is 4. The molecule has 0 heterocycles. The molecule has 3 aromatic rings. The zero-order chi connectivity index (χ0) is 22.9. The minimum Gasteiger partial charge on any atom is -0.493 e. The lowest BCUT2D eigenvalue weighted by atomic mass is 10.1. The van der Waals surface area contributed by atoms with E-state index in [1.165, 1.54) is 13.2 Å². The van der Waals surface area contributed by atoms with Gasteiger partial charge in [0.15, 0.2) is 11.5 Å². The molecule has 0 saturated carbocycles. The van der Waals surface area contributed by atoms with E-state index in [4.69, 9.17) is 21.1 Å². The molecule has 3 aromatic carbocycles. The first kappa shape index (κ1) is 22.9. The molecule has 0 aliphatic heterocycles. The Morgan fingerprint density at radius 1 is 1.09 bits per heavy atom. The van der Waals surface area contributed by atoms with Gasteiger partial charge in [-0.05, 0) is 42.3 Å². The summed E-state index contributed by atoms with van der Waals surface area (Å²) in [6, 6.07) is 24.0. The van der Waals surface area contributed by atoms with Crippen LogP contribution in [0, 0.1) is 11.3 Å². The van der Waals surface area contributed by atoms with Crippen molar-refractivity contribution in [2.45, 2.75) is 19.6 Å². The number of ether oxygens (including phenoxy) is 2. The van der Waals surface area contributed by atoms with E-state index in [-0.39, 0.29) is 18.2 Å². The molecule has 0 unspecified atom stereocenters. The highest BCUT2D eigenvalue weighted by atomic mass is 35.5. The maximum atomic E-state index is 12.6. The van der Waals surface area contributed by atoms with Crippen molar-refractivity contribution in [1.29, 1.82) is 5.26 Å². The molecule has 0 saturated heterocycles. The van der Waals surface area contributed by atoms with Gasteiger partial charge in [0.25, 0.3) is 5.91 Å². The molecule has 5 nitrogen and oxygen atoms in total. The van der Waals surface area contributed by atoms with Crippen LogP contribution in [0.4, 0.5) is 0 Å². The number of nitriles is 1.